The predicted octanol–water partition coefficient (Wildman–Crippen LogP) is 4.18. The Bertz CT molecular complexity index is 1040. The zero-order valence-electron chi connectivity index (χ0n) is 17.0. The molecule has 1 aromatic carbocycles. The molecule has 2 aromatic heterocycles. The number of thiol groups is 1. The van der Waals surface area contributed by atoms with Gasteiger partial charge in [-0.25, -0.2) is 13.4 Å². The number of amides is 1. The minimum atomic E-state index is -2.69. The van der Waals surface area contributed by atoms with Crippen molar-refractivity contribution in [2.24, 2.45) is 5.41 Å². The van der Waals surface area contributed by atoms with E-state index in [0.717, 1.165) is 22.7 Å². The molecule has 0 fully saturated rings. The zero-order chi connectivity index (χ0) is 21.7. The monoisotopic (exact) mass is 463 g/mol. The summed E-state index contributed by atoms with van der Waals surface area (Å²) in [5.74, 6) is -0.0378. The Morgan fingerprint density at radius 1 is 1.13 bits per heavy atom. The van der Waals surface area contributed by atoms with Gasteiger partial charge >= 0.3 is 0 Å². The van der Waals surface area contributed by atoms with Gasteiger partial charge in [-0.15, -0.1) is 22.7 Å². The van der Waals surface area contributed by atoms with Gasteiger partial charge in [0.25, 0.3) is 0 Å². The maximum absolute atomic E-state index is 12.7. The standard InChI is InChI=1S/C21H25N3O3S3/c1-21(2,3)20(25)23-18(11-14-6-8-15(9-7-14)24-30(26)27)19-22-16(13-29-19)12-17-5-4-10-28-17/h4-10,13,18,30H,11-12H2,1-3H3,(H,23,25)(H,24,26,27)/t18-/m0/s1. The quantitative estimate of drug-likeness (QED) is 0.437. The Morgan fingerprint density at radius 3 is 2.47 bits per heavy atom. The minimum Gasteiger partial charge on any atom is -0.346 e. The molecule has 0 unspecified atom stereocenters. The van der Waals surface area contributed by atoms with Crippen LogP contribution in [0.3, 0.4) is 0 Å². The molecule has 0 radical (unpaired) electrons. The summed E-state index contributed by atoms with van der Waals surface area (Å²) in [5.41, 5.74) is 1.97. The molecule has 2 heterocycles. The fourth-order valence-electron chi connectivity index (χ4n) is 2.79. The van der Waals surface area contributed by atoms with Crippen LogP contribution in [0.1, 0.15) is 48.0 Å². The van der Waals surface area contributed by atoms with Crippen LogP contribution in [0.25, 0.3) is 0 Å². The first-order valence-electron chi connectivity index (χ1n) is 9.48. The number of rotatable bonds is 8. The summed E-state index contributed by atoms with van der Waals surface area (Å²) in [5, 5.41) is 8.10. The fraction of sp³-hybridized carbons (Fsp3) is 0.333. The van der Waals surface area contributed by atoms with E-state index in [0.29, 0.717) is 12.1 Å². The normalized spacial score (nSPS) is 12.7. The molecule has 6 nitrogen and oxygen atoms in total. The number of aromatic nitrogens is 1. The lowest BCUT2D eigenvalue weighted by Gasteiger charge is -2.23. The molecule has 2 N–H and O–H groups in total. The Balaban J connectivity index is 1.79. The molecule has 3 aromatic rings. The van der Waals surface area contributed by atoms with Crippen LogP contribution in [0.4, 0.5) is 5.69 Å². The Kier molecular flexibility index (Phi) is 7.27. The van der Waals surface area contributed by atoms with E-state index in [4.69, 9.17) is 4.98 Å². The highest BCUT2D eigenvalue weighted by molar-refractivity contribution is 7.73. The van der Waals surface area contributed by atoms with Crippen LogP contribution in [0, 0.1) is 5.41 Å². The third-order valence-corrected chi connectivity index (χ3v) is 6.73. The van der Waals surface area contributed by atoms with Gasteiger partial charge < -0.3 is 5.32 Å². The number of nitrogens with one attached hydrogen (secondary N) is 2. The number of thiazole rings is 1. The van der Waals surface area contributed by atoms with Crippen molar-refractivity contribution in [2.75, 3.05) is 4.72 Å². The first-order chi connectivity index (χ1) is 14.2. The van der Waals surface area contributed by atoms with Crippen molar-refractivity contribution in [3.63, 3.8) is 0 Å². The topological polar surface area (TPSA) is 88.2 Å². The number of hydrogen-bond donors (Lipinski definition) is 3. The van der Waals surface area contributed by atoms with E-state index in [2.05, 4.69) is 21.5 Å². The molecule has 0 bridgehead atoms. The molecule has 0 saturated heterocycles. The molecule has 0 spiro atoms. The van der Waals surface area contributed by atoms with Gasteiger partial charge in [0, 0.05) is 27.8 Å². The van der Waals surface area contributed by atoms with E-state index in [9.17, 15) is 13.2 Å². The third-order valence-electron chi connectivity index (χ3n) is 4.40. The summed E-state index contributed by atoms with van der Waals surface area (Å²) in [6.07, 6.45) is 1.35. The van der Waals surface area contributed by atoms with Gasteiger partial charge in [-0.3, -0.25) is 9.52 Å². The lowest BCUT2D eigenvalue weighted by atomic mass is 9.94. The van der Waals surface area contributed by atoms with Crippen molar-refractivity contribution in [1.82, 2.24) is 10.3 Å². The lowest BCUT2D eigenvalue weighted by molar-refractivity contribution is -0.129. The van der Waals surface area contributed by atoms with Crippen LogP contribution >= 0.6 is 22.7 Å². The summed E-state index contributed by atoms with van der Waals surface area (Å²) in [6, 6.07) is 11.0. The van der Waals surface area contributed by atoms with Crippen molar-refractivity contribution in [1.29, 1.82) is 0 Å². The van der Waals surface area contributed by atoms with Crippen molar-refractivity contribution < 1.29 is 13.2 Å². The van der Waals surface area contributed by atoms with Crippen molar-refractivity contribution in [3.8, 4) is 0 Å². The Labute approximate surface area is 186 Å². The summed E-state index contributed by atoms with van der Waals surface area (Å²) in [6.45, 7) is 5.65. The second-order valence-electron chi connectivity index (χ2n) is 7.98. The van der Waals surface area contributed by atoms with E-state index in [1.54, 1.807) is 34.8 Å². The van der Waals surface area contributed by atoms with E-state index in [1.807, 2.05) is 44.4 Å². The van der Waals surface area contributed by atoms with Gasteiger partial charge in [0.1, 0.15) is 5.01 Å². The molecule has 160 valence electrons. The molecule has 30 heavy (non-hydrogen) atoms. The van der Waals surface area contributed by atoms with Gasteiger partial charge in [0.15, 0.2) is 0 Å². The summed E-state index contributed by atoms with van der Waals surface area (Å²) >= 11 is 3.25. The predicted molar refractivity (Wildman–Crippen MR) is 124 cm³/mol. The summed E-state index contributed by atoms with van der Waals surface area (Å²) < 4.78 is 24.0. The molecule has 0 aliphatic rings. The van der Waals surface area contributed by atoms with Crippen LogP contribution in [0.2, 0.25) is 0 Å². The Morgan fingerprint density at radius 2 is 1.87 bits per heavy atom. The second kappa shape index (κ2) is 9.72. The van der Waals surface area contributed by atoms with Crippen molar-refractivity contribution in [2.45, 2.75) is 39.7 Å². The first-order valence-corrected chi connectivity index (χ1v) is 12.4. The van der Waals surface area contributed by atoms with Gasteiger partial charge in [0.2, 0.25) is 16.8 Å². The highest BCUT2D eigenvalue weighted by atomic mass is 32.2. The number of hydrogen-bond acceptors (Lipinski definition) is 6. The summed E-state index contributed by atoms with van der Waals surface area (Å²) in [4.78, 5) is 18.7. The number of benzene rings is 1. The molecular weight excluding hydrogens is 438 g/mol. The van der Waals surface area contributed by atoms with Crippen LogP contribution in [-0.4, -0.2) is 19.3 Å². The number of nitrogens with zero attached hydrogens (tertiary/aromatic N) is 1. The van der Waals surface area contributed by atoms with E-state index in [1.165, 1.54) is 4.88 Å². The van der Waals surface area contributed by atoms with Gasteiger partial charge in [-0.1, -0.05) is 39.0 Å². The van der Waals surface area contributed by atoms with Crippen LogP contribution in [0.5, 0.6) is 0 Å². The highest BCUT2D eigenvalue weighted by Gasteiger charge is 2.26. The molecule has 1 atom stereocenters. The van der Waals surface area contributed by atoms with Crippen molar-refractivity contribution >= 4 is 45.2 Å². The number of carbonyl (C=O) groups excluding carboxylic acids is 1. The van der Waals surface area contributed by atoms with Crippen molar-refractivity contribution in [3.05, 3.63) is 68.3 Å². The molecular formula is C21H25N3O3S3. The Hall–Kier alpha value is -2.23. The molecule has 9 heteroatoms. The minimum absolute atomic E-state index is 0.0378. The van der Waals surface area contributed by atoms with Gasteiger partial charge in [-0.05, 0) is 35.6 Å². The fourth-order valence-corrected chi connectivity index (χ4v) is 4.74. The SMILES string of the molecule is CC(C)(C)C(=O)N[C@@H](Cc1ccc(N[SH](=O)=O)cc1)c1nc(Cc2cccs2)cs1. The second-order valence-corrected chi connectivity index (χ2v) is 10.6. The largest absolute Gasteiger partial charge is 0.346 e. The lowest BCUT2D eigenvalue weighted by Crippen LogP contribution is -2.38. The van der Waals surface area contributed by atoms with E-state index < -0.39 is 16.3 Å². The smallest absolute Gasteiger partial charge is 0.225 e. The zero-order valence-corrected chi connectivity index (χ0v) is 19.6. The maximum atomic E-state index is 12.7. The number of carbonyl (C=O) groups is 1. The van der Waals surface area contributed by atoms with Crippen LogP contribution < -0.4 is 10.0 Å². The first kappa shape index (κ1) is 22.5. The number of anilines is 1. The third kappa shape index (κ3) is 6.38. The number of thiophene rings is 1. The van der Waals surface area contributed by atoms with Gasteiger partial charge in [-0.2, -0.15) is 0 Å². The average molecular weight is 464 g/mol. The van der Waals surface area contributed by atoms with E-state index in [-0.39, 0.29) is 11.9 Å². The van der Waals surface area contributed by atoms with Crippen LogP contribution in [0.15, 0.2) is 47.2 Å². The average Bonchev–Trinajstić information content (AvgIpc) is 3.34. The molecule has 0 aliphatic heterocycles. The van der Waals surface area contributed by atoms with Gasteiger partial charge in [0.05, 0.1) is 11.7 Å². The molecule has 1 amide bonds. The van der Waals surface area contributed by atoms with E-state index >= 15 is 0 Å². The molecule has 0 saturated carbocycles. The van der Waals surface area contributed by atoms with Crippen LogP contribution in [-0.2, 0) is 28.5 Å². The summed E-state index contributed by atoms with van der Waals surface area (Å²) in [7, 11) is -2.69. The molecule has 3 rings (SSSR count). The maximum Gasteiger partial charge on any atom is 0.225 e. The highest BCUT2D eigenvalue weighted by Crippen LogP contribution is 2.26. The molecule has 0 aliphatic carbocycles.